The molecule has 1 atom stereocenters. The third kappa shape index (κ3) is 3.11. The van der Waals surface area contributed by atoms with E-state index in [4.69, 9.17) is 33.7 Å². The first kappa shape index (κ1) is 15.3. The van der Waals surface area contributed by atoms with E-state index in [9.17, 15) is 0 Å². The molecule has 0 saturated heterocycles. The van der Waals surface area contributed by atoms with Gasteiger partial charge in [-0.3, -0.25) is 0 Å². The van der Waals surface area contributed by atoms with E-state index in [0.29, 0.717) is 16.6 Å². The molecule has 0 saturated carbocycles. The number of benzene rings is 2. The van der Waals surface area contributed by atoms with Crippen molar-refractivity contribution in [2.75, 3.05) is 17.2 Å². The summed E-state index contributed by atoms with van der Waals surface area (Å²) in [7, 11) is 0. The number of hydrogen-bond donors (Lipinski definition) is 1. The van der Waals surface area contributed by atoms with Crippen molar-refractivity contribution in [3.8, 4) is 5.75 Å². The normalized spacial score (nSPS) is 17.0. The van der Waals surface area contributed by atoms with Crippen LogP contribution >= 0.6 is 23.2 Å². The highest BCUT2D eigenvalue weighted by molar-refractivity contribution is 6.35. The maximum atomic E-state index is 6.31. The number of nitrogen functional groups attached to an aromatic ring is 1. The molecular formula is C17H18Cl2N2O. The maximum absolute atomic E-state index is 6.31. The topological polar surface area (TPSA) is 38.5 Å². The van der Waals surface area contributed by atoms with Gasteiger partial charge in [0.1, 0.15) is 11.9 Å². The van der Waals surface area contributed by atoms with Crippen LogP contribution in [0, 0.1) is 0 Å². The summed E-state index contributed by atoms with van der Waals surface area (Å²) >= 11 is 12.3. The predicted octanol–water partition coefficient (Wildman–Crippen LogP) is 4.75. The Morgan fingerprint density at radius 2 is 2.05 bits per heavy atom. The summed E-state index contributed by atoms with van der Waals surface area (Å²) in [4.78, 5) is 2.26. The second kappa shape index (κ2) is 6.27. The van der Waals surface area contributed by atoms with E-state index >= 15 is 0 Å². The molecular weight excluding hydrogens is 319 g/mol. The van der Waals surface area contributed by atoms with Gasteiger partial charge in [-0.2, -0.15) is 0 Å². The van der Waals surface area contributed by atoms with E-state index in [1.54, 1.807) is 6.07 Å². The number of rotatable bonds is 3. The number of ether oxygens (including phenoxy) is 1. The number of fused-ring (bicyclic) bond motifs is 1. The van der Waals surface area contributed by atoms with Gasteiger partial charge in [0.15, 0.2) is 0 Å². The first-order valence-corrected chi connectivity index (χ1v) is 8.07. The van der Waals surface area contributed by atoms with Gasteiger partial charge in [0, 0.05) is 22.3 Å². The van der Waals surface area contributed by atoms with Crippen molar-refractivity contribution in [1.82, 2.24) is 0 Å². The van der Waals surface area contributed by atoms with Crippen molar-refractivity contribution in [3.63, 3.8) is 0 Å². The van der Waals surface area contributed by atoms with Crippen molar-refractivity contribution >= 4 is 34.6 Å². The van der Waals surface area contributed by atoms with Crippen molar-refractivity contribution < 1.29 is 4.74 Å². The minimum atomic E-state index is 0.169. The summed E-state index contributed by atoms with van der Waals surface area (Å²) in [6.45, 7) is 3.64. The quantitative estimate of drug-likeness (QED) is 0.821. The smallest absolute Gasteiger partial charge is 0.143 e. The summed E-state index contributed by atoms with van der Waals surface area (Å²) in [6.07, 6.45) is 1.12. The summed E-state index contributed by atoms with van der Waals surface area (Å²) in [6, 6.07) is 11.3. The van der Waals surface area contributed by atoms with Gasteiger partial charge in [0.05, 0.1) is 12.2 Å². The van der Waals surface area contributed by atoms with Crippen LogP contribution in [0.25, 0.3) is 0 Å². The lowest BCUT2D eigenvalue weighted by molar-refractivity contribution is 0.189. The molecule has 0 radical (unpaired) electrons. The molecule has 116 valence electrons. The molecule has 0 bridgehead atoms. The lowest BCUT2D eigenvalue weighted by atomic mass is 10.1. The third-order valence-electron chi connectivity index (χ3n) is 3.87. The van der Waals surface area contributed by atoms with E-state index in [2.05, 4.69) is 11.8 Å². The molecule has 5 heteroatoms. The van der Waals surface area contributed by atoms with Gasteiger partial charge in [-0.15, -0.1) is 0 Å². The highest BCUT2D eigenvalue weighted by atomic mass is 35.5. The van der Waals surface area contributed by atoms with Crippen molar-refractivity contribution in [3.05, 3.63) is 52.0 Å². The molecule has 0 amide bonds. The molecule has 1 unspecified atom stereocenters. The zero-order valence-electron chi connectivity index (χ0n) is 12.4. The predicted molar refractivity (Wildman–Crippen MR) is 93.1 cm³/mol. The minimum Gasteiger partial charge on any atom is -0.486 e. The van der Waals surface area contributed by atoms with Crippen LogP contribution in [0.5, 0.6) is 5.75 Å². The Balaban J connectivity index is 1.94. The fourth-order valence-electron chi connectivity index (χ4n) is 2.66. The SMILES string of the molecule is CCC1CN(Cc2ccc(Cl)cc2Cl)c2cc(N)ccc2O1. The van der Waals surface area contributed by atoms with E-state index in [0.717, 1.165) is 35.7 Å². The monoisotopic (exact) mass is 336 g/mol. The van der Waals surface area contributed by atoms with Crippen molar-refractivity contribution in [2.24, 2.45) is 0 Å². The average Bonchev–Trinajstić information content (AvgIpc) is 2.50. The molecule has 3 nitrogen and oxygen atoms in total. The van der Waals surface area contributed by atoms with Gasteiger partial charge in [0.2, 0.25) is 0 Å². The third-order valence-corrected chi connectivity index (χ3v) is 4.46. The van der Waals surface area contributed by atoms with Gasteiger partial charge in [-0.1, -0.05) is 36.2 Å². The van der Waals surface area contributed by atoms with Gasteiger partial charge in [-0.05, 0) is 42.3 Å². The number of anilines is 2. The van der Waals surface area contributed by atoms with Crippen LogP contribution in [0.3, 0.4) is 0 Å². The van der Waals surface area contributed by atoms with E-state index in [-0.39, 0.29) is 6.10 Å². The Labute approximate surface area is 140 Å². The molecule has 2 aromatic carbocycles. The molecule has 2 aromatic rings. The average molecular weight is 337 g/mol. The molecule has 1 heterocycles. The Bertz CT molecular complexity index is 690. The molecule has 2 N–H and O–H groups in total. The number of nitrogens with two attached hydrogens (primary N) is 1. The molecule has 0 spiro atoms. The number of halogens is 2. The first-order chi connectivity index (χ1) is 10.6. The van der Waals surface area contributed by atoms with Crippen LogP contribution in [-0.2, 0) is 6.54 Å². The largest absolute Gasteiger partial charge is 0.486 e. The fraction of sp³-hybridized carbons (Fsp3) is 0.294. The molecule has 22 heavy (non-hydrogen) atoms. The van der Waals surface area contributed by atoms with E-state index < -0.39 is 0 Å². The van der Waals surface area contributed by atoms with Crippen molar-refractivity contribution in [1.29, 1.82) is 0 Å². The Hall–Kier alpha value is -1.58. The van der Waals surface area contributed by atoms with Crippen LogP contribution in [0.1, 0.15) is 18.9 Å². The maximum Gasteiger partial charge on any atom is 0.143 e. The summed E-state index contributed by atoms with van der Waals surface area (Å²) in [5, 5.41) is 1.32. The first-order valence-electron chi connectivity index (χ1n) is 7.32. The van der Waals surface area contributed by atoms with E-state index in [1.807, 2.05) is 30.3 Å². The molecule has 0 fully saturated rings. The summed E-state index contributed by atoms with van der Waals surface area (Å²) in [5.74, 6) is 0.873. The van der Waals surface area contributed by atoms with Crippen LogP contribution in [0.4, 0.5) is 11.4 Å². The second-order valence-electron chi connectivity index (χ2n) is 5.49. The molecule has 0 aliphatic carbocycles. The highest BCUT2D eigenvalue weighted by Gasteiger charge is 2.25. The van der Waals surface area contributed by atoms with Gasteiger partial charge in [0.25, 0.3) is 0 Å². The summed E-state index contributed by atoms with van der Waals surface area (Å²) in [5.41, 5.74) is 8.70. The van der Waals surface area contributed by atoms with Crippen LogP contribution < -0.4 is 15.4 Å². The molecule has 0 aromatic heterocycles. The fourth-order valence-corrected chi connectivity index (χ4v) is 3.13. The zero-order chi connectivity index (χ0) is 15.7. The Kier molecular flexibility index (Phi) is 4.37. The van der Waals surface area contributed by atoms with E-state index in [1.165, 1.54) is 0 Å². The number of hydrogen-bond acceptors (Lipinski definition) is 3. The van der Waals surface area contributed by atoms with Crippen molar-refractivity contribution in [2.45, 2.75) is 26.0 Å². The minimum absolute atomic E-state index is 0.169. The van der Waals surface area contributed by atoms with Crippen LogP contribution in [0.2, 0.25) is 10.0 Å². The molecule has 3 rings (SSSR count). The van der Waals surface area contributed by atoms with Gasteiger partial charge >= 0.3 is 0 Å². The lowest BCUT2D eigenvalue weighted by Crippen LogP contribution is -2.39. The zero-order valence-corrected chi connectivity index (χ0v) is 13.9. The molecule has 1 aliphatic rings. The highest BCUT2D eigenvalue weighted by Crippen LogP contribution is 2.37. The van der Waals surface area contributed by atoms with Crippen LogP contribution in [0.15, 0.2) is 36.4 Å². The number of nitrogens with zero attached hydrogens (tertiary/aromatic N) is 1. The van der Waals surface area contributed by atoms with Gasteiger partial charge in [-0.25, -0.2) is 0 Å². The Morgan fingerprint density at radius 1 is 1.23 bits per heavy atom. The standard InChI is InChI=1S/C17H18Cl2N2O/c1-2-14-10-21(9-11-3-4-12(18)7-15(11)19)16-8-13(20)5-6-17(16)22-14/h3-8,14H,2,9-10,20H2,1H3. The summed E-state index contributed by atoms with van der Waals surface area (Å²) < 4.78 is 6.00. The molecule has 1 aliphatic heterocycles. The lowest BCUT2D eigenvalue weighted by Gasteiger charge is -2.36. The van der Waals surface area contributed by atoms with Gasteiger partial charge < -0.3 is 15.4 Å². The van der Waals surface area contributed by atoms with Crippen LogP contribution in [-0.4, -0.2) is 12.6 Å². The second-order valence-corrected chi connectivity index (χ2v) is 6.34. The Morgan fingerprint density at radius 3 is 2.77 bits per heavy atom.